The summed E-state index contributed by atoms with van der Waals surface area (Å²) in [6.07, 6.45) is 4.19. The van der Waals surface area contributed by atoms with E-state index in [1.807, 2.05) is 13.3 Å². The summed E-state index contributed by atoms with van der Waals surface area (Å²) in [4.78, 5) is 7.03. The van der Waals surface area contributed by atoms with Gasteiger partial charge in [0, 0.05) is 64.7 Å². The van der Waals surface area contributed by atoms with Gasteiger partial charge in [-0.05, 0) is 25.7 Å². The molecule has 6 heteroatoms. The van der Waals surface area contributed by atoms with Crippen molar-refractivity contribution in [1.82, 2.24) is 14.5 Å². The monoisotopic (exact) mass is 337 g/mol. The van der Waals surface area contributed by atoms with Crippen molar-refractivity contribution in [2.45, 2.75) is 32.2 Å². The smallest absolute Gasteiger partial charge is 0.0949 e. The van der Waals surface area contributed by atoms with Gasteiger partial charge in [-0.25, -0.2) is 4.98 Å². The molecule has 24 heavy (non-hydrogen) atoms. The third-order valence-corrected chi connectivity index (χ3v) is 5.07. The fraction of sp³-hybridized carbons (Fsp3) is 0.833. The molecule has 2 aliphatic heterocycles. The average molecular weight is 337 g/mol. The molecule has 1 fully saturated rings. The minimum Gasteiger partial charge on any atom is -0.381 e. The Morgan fingerprint density at radius 2 is 2.08 bits per heavy atom. The molecule has 0 bridgehead atoms. The molecule has 0 spiro atoms. The van der Waals surface area contributed by atoms with Crippen molar-refractivity contribution in [2.24, 2.45) is 13.0 Å². The van der Waals surface area contributed by atoms with Crippen LogP contribution in [0.25, 0.3) is 0 Å². The van der Waals surface area contributed by atoms with Gasteiger partial charge in [-0.2, -0.15) is 0 Å². The van der Waals surface area contributed by atoms with Crippen LogP contribution in [0.2, 0.25) is 0 Å². The van der Waals surface area contributed by atoms with Crippen LogP contribution in [0.15, 0.2) is 6.33 Å². The minimum absolute atomic E-state index is 0.391. The van der Waals surface area contributed by atoms with Crippen LogP contribution in [0, 0.1) is 5.92 Å². The number of nitrogens with zero attached hydrogens (tertiary/aromatic N) is 3. The lowest BCUT2D eigenvalue weighted by molar-refractivity contribution is 0.0118. The Labute approximate surface area is 145 Å². The predicted molar refractivity (Wildman–Crippen MR) is 92.1 cm³/mol. The average Bonchev–Trinajstić information content (AvgIpc) is 2.97. The lowest BCUT2D eigenvalue weighted by atomic mass is 9.98. The van der Waals surface area contributed by atoms with E-state index in [2.05, 4.69) is 21.5 Å². The van der Waals surface area contributed by atoms with Crippen molar-refractivity contribution in [2.75, 3.05) is 52.7 Å². The second kappa shape index (κ2) is 8.94. The molecule has 2 aliphatic rings. The van der Waals surface area contributed by atoms with Crippen molar-refractivity contribution in [1.29, 1.82) is 0 Å². The van der Waals surface area contributed by atoms with Crippen LogP contribution in [0.4, 0.5) is 0 Å². The van der Waals surface area contributed by atoms with Crippen molar-refractivity contribution >= 4 is 0 Å². The third kappa shape index (κ3) is 4.57. The number of aryl methyl sites for hydroxylation is 1. The van der Waals surface area contributed by atoms with Crippen LogP contribution >= 0.6 is 0 Å². The van der Waals surface area contributed by atoms with Crippen LogP contribution in [-0.2, 0) is 27.8 Å². The summed E-state index contributed by atoms with van der Waals surface area (Å²) in [5.41, 5.74) is 2.54. The largest absolute Gasteiger partial charge is 0.381 e. The first kappa shape index (κ1) is 17.9. The van der Waals surface area contributed by atoms with E-state index in [1.165, 1.54) is 11.4 Å². The van der Waals surface area contributed by atoms with Crippen LogP contribution < -0.4 is 0 Å². The molecule has 0 radical (unpaired) electrons. The van der Waals surface area contributed by atoms with E-state index in [1.54, 1.807) is 0 Å². The summed E-state index contributed by atoms with van der Waals surface area (Å²) in [6.45, 7) is 9.89. The first-order chi connectivity index (χ1) is 11.8. The zero-order valence-electron chi connectivity index (χ0n) is 15.1. The maximum Gasteiger partial charge on any atom is 0.0949 e. The number of fused-ring (bicyclic) bond motifs is 1. The third-order valence-electron chi connectivity index (χ3n) is 5.07. The lowest BCUT2D eigenvalue weighted by Gasteiger charge is -2.33. The molecule has 0 unspecified atom stereocenters. The molecule has 1 aromatic rings. The summed E-state index contributed by atoms with van der Waals surface area (Å²) in [5.74, 6) is 1.05. The molecule has 0 aromatic carbocycles. The maximum atomic E-state index is 6.11. The van der Waals surface area contributed by atoms with Crippen molar-refractivity contribution in [3.8, 4) is 0 Å². The van der Waals surface area contributed by atoms with Crippen molar-refractivity contribution in [3.63, 3.8) is 0 Å². The van der Waals surface area contributed by atoms with Gasteiger partial charge in [0.15, 0.2) is 0 Å². The quantitative estimate of drug-likeness (QED) is 0.677. The van der Waals surface area contributed by atoms with Gasteiger partial charge in [-0.1, -0.05) is 0 Å². The lowest BCUT2D eigenvalue weighted by Crippen LogP contribution is -2.38. The summed E-state index contributed by atoms with van der Waals surface area (Å²) < 4.78 is 19.2. The van der Waals surface area contributed by atoms with E-state index in [9.17, 15) is 0 Å². The fourth-order valence-corrected chi connectivity index (χ4v) is 3.74. The van der Waals surface area contributed by atoms with Gasteiger partial charge in [0.2, 0.25) is 0 Å². The summed E-state index contributed by atoms with van der Waals surface area (Å²) >= 11 is 0. The maximum absolute atomic E-state index is 6.11. The van der Waals surface area contributed by atoms with Gasteiger partial charge in [-0.3, -0.25) is 4.90 Å². The summed E-state index contributed by atoms with van der Waals surface area (Å²) in [7, 11) is 2.09. The summed E-state index contributed by atoms with van der Waals surface area (Å²) in [5, 5.41) is 0. The SMILES string of the molecule is CCOCCN1Cc2ncn(C)c2[C@H](COCC2CCOCC2)C1. The highest BCUT2D eigenvalue weighted by molar-refractivity contribution is 5.21. The van der Waals surface area contributed by atoms with Crippen LogP contribution in [-0.4, -0.2) is 67.2 Å². The van der Waals surface area contributed by atoms with Gasteiger partial charge < -0.3 is 18.8 Å². The van der Waals surface area contributed by atoms with Crippen molar-refractivity contribution < 1.29 is 14.2 Å². The molecular weight excluding hydrogens is 306 g/mol. The van der Waals surface area contributed by atoms with E-state index in [-0.39, 0.29) is 0 Å². The molecule has 136 valence electrons. The summed E-state index contributed by atoms with van der Waals surface area (Å²) in [6, 6.07) is 0. The number of rotatable bonds is 8. The molecule has 1 atom stereocenters. The van der Waals surface area contributed by atoms with E-state index < -0.39 is 0 Å². The molecular formula is C18H31N3O3. The molecule has 0 aliphatic carbocycles. The first-order valence-corrected chi connectivity index (χ1v) is 9.23. The second-order valence-electron chi connectivity index (χ2n) is 6.91. The highest BCUT2D eigenvalue weighted by Crippen LogP contribution is 2.28. The number of aromatic nitrogens is 2. The Morgan fingerprint density at radius 1 is 1.25 bits per heavy atom. The van der Waals surface area contributed by atoms with E-state index >= 15 is 0 Å². The second-order valence-corrected chi connectivity index (χ2v) is 6.91. The highest BCUT2D eigenvalue weighted by Gasteiger charge is 2.29. The fourth-order valence-electron chi connectivity index (χ4n) is 3.74. The molecule has 0 amide bonds. The Bertz CT molecular complexity index is 500. The van der Waals surface area contributed by atoms with Crippen LogP contribution in [0.5, 0.6) is 0 Å². The van der Waals surface area contributed by atoms with Crippen LogP contribution in [0.3, 0.4) is 0 Å². The Hall–Kier alpha value is -0.950. The molecule has 3 rings (SSSR count). The molecule has 1 aromatic heterocycles. The highest BCUT2D eigenvalue weighted by atomic mass is 16.5. The molecule has 6 nitrogen and oxygen atoms in total. The molecule has 1 saturated heterocycles. The first-order valence-electron chi connectivity index (χ1n) is 9.23. The van der Waals surface area contributed by atoms with Gasteiger partial charge >= 0.3 is 0 Å². The van der Waals surface area contributed by atoms with E-state index in [4.69, 9.17) is 14.2 Å². The number of ether oxygens (including phenoxy) is 3. The van der Waals surface area contributed by atoms with E-state index in [0.717, 1.165) is 72.1 Å². The normalized spacial score (nSPS) is 22.7. The zero-order valence-corrected chi connectivity index (χ0v) is 15.1. The Morgan fingerprint density at radius 3 is 2.88 bits per heavy atom. The Balaban J connectivity index is 1.54. The standard InChI is InChI=1S/C18H31N3O3/c1-3-22-9-6-21-10-16(18-17(11-21)19-14-20(18)2)13-24-12-15-4-7-23-8-5-15/h14-16H,3-13H2,1-2H3/t16-/m0/s1. The van der Waals surface area contributed by atoms with Crippen LogP contribution in [0.1, 0.15) is 37.1 Å². The topological polar surface area (TPSA) is 48.8 Å². The van der Waals surface area contributed by atoms with Gasteiger partial charge in [0.1, 0.15) is 0 Å². The number of imidazole rings is 1. The van der Waals surface area contributed by atoms with Crippen molar-refractivity contribution in [3.05, 3.63) is 17.7 Å². The molecule has 0 N–H and O–H groups in total. The van der Waals surface area contributed by atoms with Gasteiger partial charge in [0.25, 0.3) is 0 Å². The van der Waals surface area contributed by atoms with Gasteiger partial charge in [0.05, 0.1) is 25.2 Å². The Kier molecular flexibility index (Phi) is 6.66. The molecule has 0 saturated carbocycles. The number of hydrogen-bond acceptors (Lipinski definition) is 5. The zero-order chi connectivity index (χ0) is 16.8. The van der Waals surface area contributed by atoms with E-state index in [0.29, 0.717) is 11.8 Å². The predicted octanol–water partition coefficient (Wildman–Crippen LogP) is 1.80. The minimum atomic E-state index is 0.391. The molecule has 3 heterocycles. The number of hydrogen-bond donors (Lipinski definition) is 0. The van der Waals surface area contributed by atoms with Gasteiger partial charge in [-0.15, -0.1) is 0 Å².